The molecule has 2 N–H and O–H groups in total. The summed E-state index contributed by atoms with van der Waals surface area (Å²) < 4.78 is 5.21. The molecule has 0 atom stereocenters. The van der Waals surface area contributed by atoms with Crippen molar-refractivity contribution in [1.82, 2.24) is 9.97 Å². The molecule has 0 saturated carbocycles. The number of nitrogens with two attached hydrogens (primary N) is 1. The smallest absolute Gasteiger partial charge is 0.241 e. The van der Waals surface area contributed by atoms with Crippen LogP contribution in [-0.2, 0) is 0 Å². The Morgan fingerprint density at radius 1 is 1.67 bits per heavy atom. The monoisotopic (exact) mass is 187 g/mol. The molecule has 4 nitrogen and oxygen atoms in total. The predicted molar refractivity (Wildman–Crippen MR) is 47.2 cm³/mol. The van der Waals surface area contributed by atoms with Gasteiger partial charge in [0.05, 0.1) is 12.8 Å². The van der Waals surface area contributed by atoms with Crippen LogP contribution >= 0.6 is 11.6 Å². The number of nitrogen functional groups attached to an aromatic ring is 1. The molecule has 1 heterocycles. The van der Waals surface area contributed by atoms with Crippen molar-refractivity contribution in [3.05, 3.63) is 11.5 Å². The Morgan fingerprint density at radius 3 is 3.08 bits per heavy atom. The van der Waals surface area contributed by atoms with Crippen molar-refractivity contribution >= 4 is 17.3 Å². The van der Waals surface area contributed by atoms with E-state index in [4.69, 9.17) is 22.1 Å². The molecule has 0 unspecified atom stereocenters. The minimum absolute atomic E-state index is 0.148. The average molecular weight is 188 g/mol. The van der Waals surface area contributed by atoms with Gasteiger partial charge in [0.2, 0.25) is 11.2 Å². The van der Waals surface area contributed by atoms with E-state index in [0.717, 1.165) is 6.42 Å². The highest BCUT2D eigenvalue weighted by atomic mass is 35.5. The summed E-state index contributed by atoms with van der Waals surface area (Å²) in [4.78, 5) is 7.51. The van der Waals surface area contributed by atoms with Gasteiger partial charge in [0.15, 0.2) is 0 Å². The molecule has 0 amide bonds. The van der Waals surface area contributed by atoms with Crippen LogP contribution in [0, 0.1) is 0 Å². The Balaban J connectivity index is 2.75. The number of hydrogen-bond donors (Lipinski definition) is 1. The summed E-state index contributed by atoms with van der Waals surface area (Å²) >= 11 is 5.54. The van der Waals surface area contributed by atoms with E-state index in [9.17, 15) is 0 Å². The second-order valence-corrected chi connectivity index (χ2v) is 2.59. The minimum Gasteiger partial charge on any atom is -0.476 e. The van der Waals surface area contributed by atoms with Crippen molar-refractivity contribution in [2.45, 2.75) is 13.3 Å². The summed E-state index contributed by atoms with van der Waals surface area (Å²) in [7, 11) is 0. The first-order valence-corrected chi connectivity index (χ1v) is 4.02. The van der Waals surface area contributed by atoms with Crippen LogP contribution in [0.4, 0.5) is 5.69 Å². The molecule has 0 aliphatic rings. The van der Waals surface area contributed by atoms with E-state index in [1.165, 1.54) is 6.20 Å². The molecule has 1 rings (SSSR count). The highest BCUT2D eigenvalue weighted by Crippen LogP contribution is 2.18. The third kappa shape index (κ3) is 2.23. The number of nitrogens with zero attached hydrogens (tertiary/aromatic N) is 2. The van der Waals surface area contributed by atoms with Gasteiger partial charge < -0.3 is 10.5 Å². The fourth-order valence-electron chi connectivity index (χ4n) is 0.670. The third-order valence-electron chi connectivity index (χ3n) is 1.19. The van der Waals surface area contributed by atoms with Crippen LogP contribution in [0.3, 0.4) is 0 Å². The molecule has 0 fully saturated rings. The third-order valence-corrected chi connectivity index (χ3v) is 1.38. The maximum Gasteiger partial charge on any atom is 0.241 e. The lowest BCUT2D eigenvalue weighted by molar-refractivity contribution is 0.306. The highest BCUT2D eigenvalue weighted by Gasteiger charge is 2.02. The molecule has 0 bridgehead atoms. The summed E-state index contributed by atoms with van der Waals surface area (Å²) in [6.45, 7) is 2.58. The van der Waals surface area contributed by atoms with Crippen molar-refractivity contribution < 1.29 is 4.74 Å². The Morgan fingerprint density at radius 2 is 2.42 bits per heavy atom. The lowest BCUT2D eigenvalue weighted by Gasteiger charge is -2.04. The van der Waals surface area contributed by atoms with Gasteiger partial charge in [0, 0.05) is 0 Å². The first-order valence-electron chi connectivity index (χ1n) is 3.65. The Bertz CT molecular complexity index is 267. The molecule has 1 aromatic heterocycles. The standard InChI is InChI=1S/C7H10ClN3O/c1-2-3-12-6-5(9)4-10-7(8)11-6/h4H,2-3,9H2,1H3. The fourth-order valence-corrected chi connectivity index (χ4v) is 0.795. The molecule has 12 heavy (non-hydrogen) atoms. The van der Waals surface area contributed by atoms with Crippen molar-refractivity contribution in [2.75, 3.05) is 12.3 Å². The van der Waals surface area contributed by atoms with E-state index in [0.29, 0.717) is 18.2 Å². The molecular formula is C7H10ClN3O. The second kappa shape index (κ2) is 4.11. The molecule has 0 radical (unpaired) electrons. The quantitative estimate of drug-likeness (QED) is 0.729. The van der Waals surface area contributed by atoms with Crippen LogP contribution in [0.5, 0.6) is 5.88 Å². The van der Waals surface area contributed by atoms with Crippen molar-refractivity contribution in [1.29, 1.82) is 0 Å². The summed E-state index contributed by atoms with van der Waals surface area (Å²) in [5, 5.41) is 0.148. The molecular weight excluding hydrogens is 178 g/mol. The average Bonchev–Trinajstić information content (AvgIpc) is 2.07. The zero-order chi connectivity index (χ0) is 8.97. The van der Waals surface area contributed by atoms with Gasteiger partial charge in [-0.05, 0) is 18.0 Å². The van der Waals surface area contributed by atoms with Crippen molar-refractivity contribution in [3.8, 4) is 5.88 Å². The summed E-state index contributed by atoms with van der Waals surface area (Å²) in [5.41, 5.74) is 5.93. The van der Waals surface area contributed by atoms with Gasteiger partial charge in [-0.25, -0.2) is 4.98 Å². The van der Waals surface area contributed by atoms with Gasteiger partial charge in [0.25, 0.3) is 0 Å². The van der Waals surface area contributed by atoms with E-state index >= 15 is 0 Å². The molecule has 1 aromatic rings. The molecule has 66 valence electrons. The molecule has 5 heteroatoms. The van der Waals surface area contributed by atoms with Crippen molar-refractivity contribution in [2.24, 2.45) is 0 Å². The molecule has 0 aliphatic carbocycles. The normalized spacial score (nSPS) is 9.83. The zero-order valence-electron chi connectivity index (χ0n) is 6.75. The van der Waals surface area contributed by atoms with Crippen LogP contribution in [0.25, 0.3) is 0 Å². The van der Waals surface area contributed by atoms with Gasteiger partial charge in [-0.2, -0.15) is 4.98 Å². The molecule has 0 spiro atoms. The first-order chi connectivity index (χ1) is 5.74. The van der Waals surface area contributed by atoms with E-state index < -0.39 is 0 Å². The zero-order valence-corrected chi connectivity index (χ0v) is 7.51. The molecule has 0 aromatic carbocycles. The number of halogens is 1. The van der Waals surface area contributed by atoms with Gasteiger partial charge in [0.1, 0.15) is 5.69 Å². The predicted octanol–water partition coefficient (Wildman–Crippen LogP) is 1.50. The number of aromatic nitrogens is 2. The number of ether oxygens (including phenoxy) is 1. The molecule has 0 saturated heterocycles. The summed E-state index contributed by atoms with van der Waals surface area (Å²) in [6, 6.07) is 0. The fraction of sp³-hybridized carbons (Fsp3) is 0.429. The van der Waals surface area contributed by atoms with Crippen LogP contribution in [0.1, 0.15) is 13.3 Å². The second-order valence-electron chi connectivity index (χ2n) is 2.25. The molecule has 0 aliphatic heterocycles. The van der Waals surface area contributed by atoms with Crippen LogP contribution < -0.4 is 10.5 Å². The van der Waals surface area contributed by atoms with Crippen LogP contribution in [0.15, 0.2) is 6.20 Å². The van der Waals surface area contributed by atoms with Gasteiger partial charge in [-0.1, -0.05) is 6.92 Å². The topological polar surface area (TPSA) is 61.0 Å². The van der Waals surface area contributed by atoms with Gasteiger partial charge >= 0.3 is 0 Å². The van der Waals surface area contributed by atoms with E-state index in [1.807, 2.05) is 6.92 Å². The van der Waals surface area contributed by atoms with E-state index in [2.05, 4.69) is 9.97 Å². The van der Waals surface area contributed by atoms with Crippen LogP contribution in [0.2, 0.25) is 5.28 Å². The number of rotatable bonds is 3. The lowest BCUT2D eigenvalue weighted by Crippen LogP contribution is -2.02. The Hall–Kier alpha value is -1.03. The largest absolute Gasteiger partial charge is 0.476 e. The number of hydrogen-bond acceptors (Lipinski definition) is 4. The van der Waals surface area contributed by atoms with E-state index in [1.54, 1.807) is 0 Å². The van der Waals surface area contributed by atoms with Gasteiger partial charge in [-0.3, -0.25) is 0 Å². The maximum absolute atomic E-state index is 5.54. The number of anilines is 1. The van der Waals surface area contributed by atoms with Crippen LogP contribution in [-0.4, -0.2) is 16.6 Å². The van der Waals surface area contributed by atoms with E-state index in [-0.39, 0.29) is 5.28 Å². The summed E-state index contributed by atoms with van der Waals surface area (Å²) in [6.07, 6.45) is 2.33. The summed E-state index contributed by atoms with van der Waals surface area (Å²) in [5.74, 6) is 0.358. The maximum atomic E-state index is 5.54. The minimum atomic E-state index is 0.148. The highest BCUT2D eigenvalue weighted by molar-refractivity contribution is 6.28. The van der Waals surface area contributed by atoms with Gasteiger partial charge in [-0.15, -0.1) is 0 Å². The SMILES string of the molecule is CCCOc1nc(Cl)ncc1N. The Labute approximate surface area is 75.7 Å². The Kier molecular flexibility index (Phi) is 3.10. The lowest BCUT2D eigenvalue weighted by atomic mass is 10.5. The van der Waals surface area contributed by atoms with Crippen molar-refractivity contribution in [3.63, 3.8) is 0 Å². The first kappa shape index (κ1) is 9.06.